The second kappa shape index (κ2) is 9.60. The predicted molar refractivity (Wildman–Crippen MR) is 124 cm³/mol. The Hall–Kier alpha value is -2.41. The van der Waals surface area contributed by atoms with Crippen molar-refractivity contribution < 1.29 is 13.2 Å². The molecule has 156 valence electrons. The largest absolute Gasteiger partial charge is 0.288 e. The van der Waals surface area contributed by atoms with Crippen molar-refractivity contribution in [2.45, 2.75) is 23.1 Å². The first kappa shape index (κ1) is 22.3. The van der Waals surface area contributed by atoms with Crippen molar-refractivity contribution in [3.8, 4) is 0 Å². The third-order valence-electron chi connectivity index (χ3n) is 4.90. The number of hydrogen-bond donors (Lipinski definition) is 1. The fraction of sp³-hybridized carbons (Fsp3) is 0.208. The van der Waals surface area contributed by atoms with E-state index in [1.54, 1.807) is 42.5 Å². The van der Waals surface area contributed by atoms with Gasteiger partial charge in [-0.15, -0.1) is 0 Å². The summed E-state index contributed by atoms with van der Waals surface area (Å²) < 4.78 is 29.1. The molecule has 0 aromatic heterocycles. The van der Waals surface area contributed by atoms with E-state index in [0.717, 1.165) is 11.1 Å². The Bertz CT molecular complexity index is 1080. The molecule has 0 saturated carbocycles. The van der Waals surface area contributed by atoms with E-state index in [9.17, 15) is 13.2 Å². The van der Waals surface area contributed by atoms with Crippen LogP contribution < -0.4 is 4.72 Å². The normalized spacial score (nSPS) is 13.7. The summed E-state index contributed by atoms with van der Waals surface area (Å²) in [7, 11) is -4.20. The highest BCUT2D eigenvalue weighted by molar-refractivity contribution is 7.97. The van der Waals surface area contributed by atoms with E-state index in [-0.39, 0.29) is 21.6 Å². The molecule has 6 heteroatoms. The summed E-state index contributed by atoms with van der Waals surface area (Å²) in [5.41, 5.74) is 2.43. The van der Waals surface area contributed by atoms with Crippen molar-refractivity contribution in [1.29, 1.82) is 0 Å². The van der Waals surface area contributed by atoms with Gasteiger partial charge in [0.25, 0.3) is 0 Å². The molecule has 0 spiro atoms. The van der Waals surface area contributed by atoms with Gasteiger partial charge in [-0.1, -0.05) is 78.4 Å². The minimum atomic E-state index is -3.81. The Morgan fingerprint density at radius 3 is 1.90 bits per heavy atom. The van der Waals surface area contributed by atoms with Crippen LogP contribution in [-0.2, 0) is 20.9 Å². The molecule has 0 saturated heterocycles. The van der Waals surface area contributed by atoms with E-state index in [4.69, 9.17) is 0 Å². The second-order valence-electron chi connectivity index (χ2n) is 7.35. The van der Waals surface area contributed by atoms with Crippen LogP contribution in [0.3, 0.4) is 0 Å². The van der Waals surface area contributed by atoms with Crippen LogP contribution in [0, 0.1) is 6.92 Å². The maximum absolute atomic E-state index is 13.5. The van der Waals surface area contributed by atoms with E-state index >= 15 is 0 Å². The smallest absolute Gasteiger partial charge is 0.241 e. The fourth-order valence-electron chi connectivity index (χ4n) is 3.32. The van der Waals surface area contributed by atoms with Crippen molar-refractivity contribution in [2.24, 2.45) is 0 Å². The van der Waals surface area contributed by atoms with Gasteiger partial charge >= 0.3 is 0 Å². The van der Waals surface area contributed by atoms with Gasteiger partial charge in [-0.3, -0.25) is 4.79 Å². The number of ketones is 1. The summed E-state index contributed by atoms with van der Waals surface area (Å²) in [6.45, 7) is 1.98. The van der Waals surface area contributed by atoms with Gasteiger partial charge in [-0.05, 0) is 35.5 Å². The van der Waals surface area contributed by atoms with Crippen LogP contribution in [0.15, 0.2) is 89.8 Å². The molecule has 0 fully saturated rings. The van der Waals surface area contributed by atoms with E-state index in [2.05, 4.69) is 4.72 Å². The average Bonchev–Trinajstić information content (AvgIpc) is 2.74. The number of aryl methyl sites for hydroxylation is 1. The van der Waals surface area contributed by atoms with E-state index in [1.807, 2.05) is 61.9 Å². The van der Waals surface area contributed by atoms with Gasteiger partial charge in [-0.2, -0.15) is 4.72 Å². The number of carbonyl (C=O) groups is 1. The van der Waals surface area contributed by atoms with Gasteiger partial charge in [0.2, 0.25) is 15.8 Å². The lowest BCUT2D eigenvalue weighted by molar-refractivity contribution is 0.0978. The second-order valence-corrected chi connectivity index (χ2v) is 11.3. The summed E-state index contributed by atoms with van der Waals surface area (Å²) >= 11 is 0. The molecule has 0 aliphatic rings. The zero-order valence-corrected chi connectivity index (χ0v) is 18.9. The Balaban J connectivity index is 2.07. The molecular weight excluding hydrogens is 414 g/mol. The number of rotatable bonds is 8. The number of benzene rings is 3. The number of nitrogens with one attached hydrogen (secondary N) is 1. The summed E-state index contributed by atoms with van der Waals surface area (Å²) in [4.78, 5) is 13.6. The molecule has 2 unspecified atom stereocenters. The lowest BCUT2D eigenvalue weighted by Crippen LogP contribution is -2.44. The van der Waals surface area contributed by atoms with Crippen LogP contribution in [0.2, 0.25) is 0 Å². The fourth-order valence-corrected chi connectivity index (χ4v) is 6.00. The lowest BCUT2D eigenvalue weighted by Gasteiger charge is -2.25. The van der Waals surface area contributed by atoms with Gasteiger partial charge in [0.15, 0.2) is 5.25 Å². The van der Waals surface area contributed by atoms with Crippen molar-refractivity contribution in [1.82, 2.24) is 4.72 Å². The molecule has 30 heavy (non-hydrogen) atoms. The van der Waals surface area contributed by atoms with E-state index in [1.165, 1.54) is 0 Å². The molecular formula is C24H26NO3S2+. The molecule has 1 N–H and O–H groups in total. The van der Waals surface area contributed by atoms with Gasteiger partial charge < -0.3 is 0 Å². The summed E-state index contributed by atoms with van der Waals surface area (Å²) in [5, 5.41) is -0.534. The lowest BCUT2D eigenvalue weighted by atomic mass is 9.97. The first-order valence-electron chi connectivity index (χ1n) is 9.59. The highest BCUT2D eigenvalue weighted by Crippen LogP contribution is 2.28. The molecule has 3 aromatic carbocycles. The third-order valence-corrected chi connectivity index (χ3v) is 7.86. The molecule has 0 amide bonds. The molecule has 0 bridgehead atoms. The van der Waals surface area contributed by atoms with Crippen LogP contribution in [0.4, 0.5) is 0 Å². The minimum absolute atomic E-state index is 0.0646. The Morgan fingerprint density at radius 1 is 0.833 bits per heavy atom. The Kier molecular flexibility index (Phi) is 7.13. The molecule has 4 nitrogen and oxygen atoms in total. The molecule has 0 heterocycles. The summed E-state index contributed by atoms with van der Waals surface area (Å²) in [6, 6.07) is 24.3. The quantitative estimate of drug-likeness (QED) is 0.423. The monoisotopic (exact) mass is 440 g/mol. The predicted octanol–water partition coefficient (Wildman–Crippen LogP) is 4.14. The van der Waals surface area contributed by atoms with Crippen molar-refractivity contribution in [2.75, 3.05) is 12.5 Å². The highest BCUT2D eigenvalue weighted by Gasteiger charge is 2.41. The molecule has 0 radical (unpaired) electrons. The van der Waals surface area contributed by atoms with Crippen LogP contribution in [0.1, 0.15) is 27.5 Å². The maximum atomic E-state index is 13.5. The number of Topliss-reactive ketones (excluding diaryl/α,β-unsaturated/α-hetero) is 1. The zero-order chi connectivity index (χ0) is 21.7. The Morgan fingerprint density at radius 2 is 1.37 bits per heavy atom. The van der Waals surface area contributed by atoms with Gasteiger partial charge in [0.05, 0.1) is 17.4 Å². The summed E-state index contributed by atoms with van der Waals surface area (Å²) in [5.74, 6) is -0.0646. The maximum Gasteiger partial charge on any atom is 0.241 e. The standard InChI is InChI=1S/C24H26NO3S2/c1-18-14-16-19(17-15-18)22(25-30(27,28)21-12-8-5-9-13-21)24(29(2)3)23(26)20-10-6-4-7-11-20/h4-17,22,24-25H,1-3H3/q+1. The molecule has 3 aromatic rings. The van der Waals surface area contributed by atoms with Crippen LogP contribution in [0.5, 0.6) is 0 Å². The highest BCUT2D eigenvalue weighted by atomic mass is 32.2. The molecule has 3 rings (SSSR count). The van der Waals surface area contributed by atoms with Gasteiger partial charge in [-0.25, -0.2) is 8.42 Å². The van der Waals surface area contributed by atoms with Gasteiger partial charge in [0, 0.05) is 5.56 Å². The van der Waals surface area contributed by atoms with E-state index < -0.39 is 21.3 Å². The van der Waals surface area contributed by atoms with Crippen molar-refractivity contribution in [3.05, 3.63) is 102 Å². The van der Waals surface area contributed by atoms with Gasteiger partial charge in [0.1, 0.15) is 6.04 Å². The van der Waals surface area contributed by atoms with Crippen LogP contribution in [-0.4, -0.2) is 32.0 Å². The van der Waals surface area contributed by atoms with E-state index in [0.29, 0.717) is 5.56 Å². The Labute approximate surface area is 181 Å². The van der Waals surface area contributed by atoms with Crippen molar-refractivity contribution >= 4 is 26.7 Å². The number of hydrogen-bond acceptors (Lipinski definition) is 3. The molecule has 2 atom stereocenters. The number of carbonyl (C=O) groups excluding carboxylic acids is 1. The number of sulfonamides is 1. The van der Waals surface area contributed by atoms with Crippen molar-refractivity contribution in [3.63, 3.8) is 0 Å². The minimum Gasteiger partial charge on any atom is -0.288 e. The van der Waals surface area contributed by atoms with Crippen LogP contribution >= 0.6 is 0 Å². The first-order valence-corrected chi connectivity index (χ1v) is 13.2. The first-order chi connectivity index (χ1) is 14.3. The molecule has 0 aliphatic carbocycles. The average molecular weight is 441 g/mol. The topological polar surface area (TPSA) is 63.2 Å². The van der Waals surface area contributed by atoms with Crippen LogP contribution in [0.25, 0.3) is 0 Å². The SMILES string of the molecule is Cc1ccc(C(NS(=O)(=O)c2ccccc2)C(C(=O)c2ccccc2)[S+](C)C)cc1. The summed E-state index contributed by atoms with van der Waals surface area (Å²) in [6.07, 6.45) is 3.95. The zero-order valence-electron chi connectivity index (χ0n) is 17.3. The molecule has 0 aliphatic heterocycles. The third kappa shape index (κ3) is 5.19.